The fraction of sp³-hybridized carbons (Fsp3) is 0.690. The second-order valence-corrected chi connectivity index (χ2v) is 18.0. The number of furan rings is 1. The first-order valence-electron chi connectivity index (χ1n) is 20.3. The number of allylic oxidation sites excluding steroid dienone is 1. The number of rotatable bonds is 11. The molecular formula is C42H50O20. The van der Waals surface area contributed by atoms with E-state index in [1.165, 1.54) is 39.4 Å². The molecule has 0 amide bonds. The molecule has 20 heteroatoms. The van der Waals surface area contributed by atoms with Gasteiger partial charge in [-0.2, -0.15) is 0 Å². The minimum Gasteiger partial charge on any atom is -0.512 e. The highest BCUT2D eigenvalue weighted by Crippen LogP contribution is 2.90. The summed E-state index contributed by atoms with van der Waals surface area (Å²) in [4.78, 5) is 96.2. The van der Waals surface area contributed by atoms with Gasteiger partial charge in [-0.15, -0.1) is 0 Å². The van der Waals surface area contributed by atoms with E-state index in [-0.39, 0.29) is 18.4 Å². The van der Waals surface area contributed by atoms with Crippen LogP contribution in [0.1, 0.15) is 93.2 Å². The fourth-order valence-corrected chi connectivity index (χ4v) is 13.7. The summed E-state index contributed by atoms with van der Waals surface area (Å²) in [6.07, 6.45) is -8.01. The second-order valence-electron chi connectivity index (χ2n) is 18.0. The van der Waals surface area contributed by atoms with E-state index < -0.39 is 153 Å². The molecule has 4 aliphatic carbocycles. The normalized spacial score (nSPS) is 44.9. The summed E-state index contributed by atoms with van der Waals surface area (Å²) in [5.41, 5.74) is -16.6. The molecule has 4 heterocycles. The van der Waals surface area contributed by atoms with E-state index in [1.807, 2.05) is 0 Å². The zero-order chi connectivity index (χ0) is 45.5. The molecule has 3 spiro atoms. The van der Waals surface area contributed by atoms with Crippen LogP contribution < -0.4 is 0 Å². The van der Waals surface area contributed by atoms with E-state index in [2.05, 4.69) is 0 Å². The van der Waals surface area contributed by atoms with Gasteiger partial charge in [0.15, 0.2) is 35.1 Å². The summed E-state index contributed by atoms with van der Waals surface area (Å²) >= 11 is 0. The van der Waals surface area contributed by atoms with E-state index in [1.54, 1.807) is 6.92 Å². The first kappa shape index (κ1) is 43.6. The Morgan fingerprint density at radius 1 is 0.887 bits per heavy atom. The molecule has 7 fully saturated rings. The van der Waals surface area contributed by atoms with Crippen molar-refractivity contribution in [2.45, 2.75) is 140 Å². The van der Waals surface area contributed by atoms with Crippen molar-refractivity contribution in [3.05, 3.63) is 35.5 Å². The highest BCUT2D eigenvalue weighted by atomic mass is 16.9. The molecular weight excluding hydrogens is 824 g/mol. The molecule has 15 atom stereocenters. The fourth-order valence-electron chi connectivity index (χ4n) is 13.7. The Labute approximate surface area is 354 Å². The largest absolute Gasteiger partial charge is 0.512 e. The summed E-state index contributed by atoms with van der Waals surface area (Å²) in [5, 5.41) is 26.2. The lowest BCUT2D eigenvalue weighted by molar-refractivity contribution is -0.497. The minimum atomic E-state index is -2.74. The van der Waals surface area contributed by atoms with Crippen molar-refractivity contribution in [1.29, 1.82) is 0 Å². The molecule has 4 bridgehead atoms. The lowest BCUT2D eigenvalue weighted by Crippen LogP contribution is -2.99. The highest BCUT2D eigenvalue weighted by Gasteiger charge is 3.08. The average molecular weight is 875 g/mol. The van der Waals surface area contributed by atoms with Gasteiger partial charge in [0.2, 0.25) is 0 Å². The predicted octanol–water partition coefficient (Wildman–Crippen LogP) is 2.33. The lowest BCUT2D eigenvalue weighted by atomic mass is 9.31. The van der Waals surface area contributed by atoms with Crippen LogP contribution >= 0.6 is 0 Å². The standard InChI is InChI=1S/C42H50O20/c1-11-24(48)27-28-36(8,29(55-19(3)44)23-12-13-53-15-23)30(56-20(4)45)31(57-21(5)46)42-38(17-54-18(2)43)25(14-26(49)52-10)35(7)16-39(38)40(51,33(35)58-22(6)47)34(59-32(27)50)41(28,42)61-37(9,60-39)62-42/h12-13,15,25,28-31,33-34,48,51H,11,14,16-17H2,1-10H3/t25-,28+,29-,30-,31+,33-,34+,35+,36+,37+,38+,39+,40-,41+,42-/m0/s1. The number of aliphatic hydroxyl groups excluding tert-OH is 1. The summed E-state index contributed by atoms with van der Waals surface area (Å²) in [6.45, 7) is 10.5. The third kappa shape index (κ3) is 4.83. The van der Waals surface area contributed by atoms with Gasteiger partial charge >= 0.3 is 41.8 Å². The van der Waals surface area contributed by atoms with Crippen LogP contribution in [0.2, 0.25) is 0 Å². The first-order valence-corrected chi connectivity index (χ1v) is 20.3. The van der Waals surface area contributed by atoms with E-state index >= 15 is 4.79 Å². The SMILES string of the molecule is CCC(O)=C1C(=O)O[C@@H]2[C@@]3(O)[C@@H](OC(C)=O)[C@]4(C)C[C@]35O[C@]3(C)O[C@]26[C@H]1[C@](C)([C@@H](OC(C)=O)c1ccoc1)[C@@H](OC(C)=O)[C@@H](OC(C)=O)[C@]6(O3)[C@]5(COC(C)=O)[C@H]4CC(=O)OC. The van der Waals surface area contributed by atoms with Gasteiger partial charge in [0.25, 0.3) is 5.97 Å². The van der Waals surface area contributed by atoms with Crippen molar-refractivity contribution in [2.75, 3.05) is 13.7 Å². The molecule has 1 aromatic rings. The first-order chi connectivity index (χ1) is 28.9. The van der Waals surface area contributed by atoms with Gasteiger partial charge in [-0.25, -0.2) is 4.79 Å². The minimum absolute atomic E-state index is 0.126. The third-order valence-electron chi connectivity index (χ3n) is 14.9. The third-order valence-corrected chi connectivity index (χ3v) is 14.9. The van der Waals surface area contributed by atoms with Crippen molar-refractivity contribution < 1.29 is 95.6 Å². The smallest absolute Gasteiger partial charge is 0.338 e. The molecule has 0 radical (unpaired) electrons. The second kappa shape index (κ2) is 13.5. The van der Waals surface area contributed by atoms with Crippen molar-refractivity contribution in [2.24, 2.45) is 28.1 Å². The van der Waals surface area contributed by atoms with Crippen LogP contribution in [-0.2, 0) is 80.9 Å². The number of aliphatic hydroxyl groups is 2. The number of carbonyl (C=O) groups is 7. The Hall–Kier alpha value is -5.05. The van der Waals surface area contributed by atoms with Gasteiger partial charge in [-0.1, -0.05) is 20.8 Å². The molecule has 62 heavy (non-hydrogen) atoms. The summed E-state index contributed by atoms with van der Waals surface area (Å²) in [5.74, 6) is -12.8. The number of ether oxygens (including phenoxy) is 10. The van der Waals surface area contributed by atoms with Crippen LogP contribution in [0.3, 0.4) is 0 Å². The molecule has 3 saturated heterocycles. The van der Waals surface area contributed by atoms with E-state index in [0.29, 0.717) is 0 Å². The Morgan fingerprint density at radius 3 is 2.08 bits per heavy atom. The van der Waals surface area contributed by atoms with Gasteiger partial charge in [0, 0.05) is 71.3 Å². The van der Waals surface area contributed by atoms with E-state index in [9.17, 15) is 39.0 Å². The topological polar surface area (TPSA) is 265 Å². The maximum absolute atomic E-state index is 15.1. The summed E-state index contributed by atoms with van der Waals surface area (Å²) in [7, 11) is 1.13. The highest BCUT2D eigenvalue weighted by molar-refractivity contribution is 5.92. The molecule has 0 unspecified atom stereocenters. The van der Waals surface area contributed by atoms with Gasteiger partial charge in [0.1, 0.15) is 30.2 Å². The van der Waals surface area contributed by atoms with Crippen LogP contribution in [0.4, 0.5) is 0 Å². The quantitative estimate of drug-likeness (QED) is 0.140. The zero-order valence-electron chi connectivity index (χ0n) is 35.8. The van der Waals surface area contributed by atoms with Crippen molar-refractivity contribution >= 4 is 41.8 Å². The number of hydrogen-bond acceptors (Lipinski definition) is 20. The average Bonchev–Trinajstić information content (AvgIpc) is 3.87. The Balaban J connectivity index is 1.64. The zero-order valence-corrected chi connectivity index (χ0v) is 35.8. The van der Waals surface area contributed by atoms with Crippen molar-refractivity contribution in [1.82, 2.24) is 0 Å². The number of hydrogen-bond donors (Lipinski definition) is 2. The summed E-state index contributed by atoms with van der Waals surface area (Å²) in [6, 6.07) is 1.43. The monoisotopic (exact) mass is 874 g/mol. The van der Waals surface area contributed by atoms with Gasteiger partial charge in [-0.05, 0) is 18.4 Å². The molecule has 1 aromatic heterocycles. The Bertz CT molecular complexity index is 2200. The Morgan fingerprint density at radius 2 is 1.53 bits per heavy atom. The number of carbonyl (C=O) groups excluding carboxylic acids is 7. The van der Waals surface area contributed by atoms with Crippen molar-refractivity contribution in [3.63, 3.8) is 0 Å². The van der Waals surface area contributed by atoms with E-state index in [0.717, 1.165) is 41.7 Å². The lowest BCUT2D eigenvalue weighted by Gasteiger charge is -2.78. The molecule has 4 saturated carbocycles. The van der Waals surface area contributed by atoms with Crippen LogP contribution in [-0.4, -0.2) is 119 Å². The maximum Gasteiger partial charge on any atom is 0.338 e. The Kier molecular flexibility index (Phi) is 9.48. The number of fused-ring (bicyclic) bond motifs is 3. The van der Waals surface area contributed by atoms with Crippen LogP contribution in [0.15, 0.2) is 34.3 Å². The van der Waals surface area contributed by atoms with Crippen LogP contribution in [0.5, 0.6) is 0 Å². The van der Waals surface area contributed by atoms with Crippen LogP contribution in [0.25, 0.3) is 0 Å². The molecule has 20 nitrogen and oxygen atoms in total. The van der Waals surface area contributed by atoms with E-state index in [4.69, 9.17) is 51.8 Å². The molecule has 3 aliphatic heterocycles. The molecule has 8 rings (SSSR count). The van der Waals surface area contributed by atoms with Crippen molar-refractivity contribution in [3.8, 4) is 0 Å². The van der Waals surface area contributed by atoms with Gasteiger partial charge < -0.3 is 62.0 Å². The van der Waals surface area contributed by atoms with Gasteiger partial charge in [-0.3, -0.25) is 28.8 Å². The predicted molar refractivity (Wildman–Crippen MR) is 198 cm³/mol. The molecule has 338 valence electrons. The molecule has 2 N–H and O–H groups in total. The molecule has 7 aliphatic rings. The van der Waals surface area contributed by atoms with Crippen LogP contribution in [0, 0.1) is 28.1 Å². The number of methoxy groups -OCH3 is 1. The number of esters is 7. The maximum atomic E-state index is 15.1. The molecule has 0 aromatic carbocycles. The summed E-state index contributed by atoms with van der Waals surface area (Å²) < 4.78 is 69.4. The van der Waals surface area contributed by atoms with Gasteiger partial charge in [0.05, 0.1) is 36.0 Å².